The number of Topliss-reactive ketones (excluding diaryl/α,β-unsaturated/α-hetero) is 1. The first kappa shape index (κ1) is 44.5. The second-order valence-electron chi connectivity index (χ2n) is 18.9. The van der Waals surface area contributed by atoms with Gasteiger partial charge in [0.25, 0.3) is 0 Å². The van der Waals surface area contributed by atoms with Crippen molar-refractivity contribution in [1.29, 1.82) is 0 Å². The second-order valence-corrected chi connectivity index (χ2v) is 18.9. The van der Waals surface area contributed by atoms with E-state index in [-0.39, 0.29) is 65.4 Å². The van der Waals surface area contributed by atoms with Gasteiger partial charge in [-0.1, -0.05) is 25.5 Å². The van der Waals surface area contributed by atoms with E-state index >= 15 is 0 Å². The molecule has 7 aliphatic rings. The largest absolute Gasteiger partial charge is 0.462 e. The zero-order valence-electron chi connectivity index (χ0n) is 36.3. The van der Waals surface area contributed by atoms with Gasteiger partial charge in [-0.3, -0.25) is 9.59 Å². The highest BCUT2D eigenvalue weighted by Gasteiger charge is 2.71. The molecule has 20 atom stereocenters. The molecule has 58 heavy (non-hydrogen) atoms. The highest BCUT2D eigenvalue weighted by molar-refractivity contribution is 5.80. The minimum Gasteiger partial charge on any atom is -0.462 e. The summed E-state index contributed by atoms with van der Waals surface area (Å²) < 4.78 is 62.0. The van der Waals surface area contributed by atoms with Crippen LogP contribution in [0.5, 0.6) is 0 Å². The number of ether oxygens (including phenoxy) is 10. The molecule has 3 saturated carbocycles. The molecule has 0 spiro atoms. The Labute approximate surface area is 344 Å². The van der Waals surface area contributed by atoms with Crippen molar-refractivity contribution in [3.63, 3.8) is 0 Å². The van der Waals surface area contributed by atoms with Crippen LogP contribution >= 0.6 is 0 Å². The maximum atomic E-state index is 12.9. The Balaban J connectivity index is 0.964. The molecule has 0 aromatic carbocycles. The van der Waals surface area contributed by atoms with E-state index in [0.29, 0.717) is 38.5 Å². The van der Waals surface area contributed by atoms with Gasteiger partial charge in [0.15, 0.2) is 18.9 Å². The van der Waals surface area contributed by atoms with Crippen molar-refractivity contribution in [2.24, 2.45) is 28.6 Å². The first-order valence-corrected chi connectivity index (χ1v) is 21.8. The fourth-order valence-electron chi connectivity index (χ4n) is 12.6. The van der Waals surface area contributed by atoms with E-state index < -0.39 is 66.5 Å². The summed E-state index contributed by atoms with van der Waals surface area (Å²) in [6.07, 6.45) is 2.55. The zero-order chi connectivity index (χ0) is 41.9. The Bertz CT molecular complexity index is 1510. The summed E-state index contributed by atoms with van der Waals surface area (Å²) in [5.41, 5.74) is -0.796. The van der Waals surface area contributed by atoms with Gasteiger partial charge in [0, 0.05) is 58.8 Å². The molecule has 7 rings (SSSR count). The lowest BCUT2D eigenvalue weighted by Gasteiger charge is -2.63. The third kappa shape index (κ3) is 7.88. The minimum absolute atomic E-state index is 0.0242. The lowest BCUT2D eigenvalue weighted by molar-refractivity contribution is -0.338. The van der Waals surface area contributed by atoms with E-state index in [0.717, 1.165) is 25.7 Å². The Kier molecular flexibility index (Phi) is 13.3. The van der Waals surface area contributed by atoms with Gasteiger partial charge in [0.1, 0.15) is 30.2 Å². The summed E-state index contributed by atoms with van der Waals surface area (Å²) in [7, 11) is 4.91. The summed E-state index contributed by atoms with van der Waals surface area (Å²) in [6, 6.07) is 0. The average Bonchev–Trinajstić information content (AvgIpc) is 3.47. The number of carbonyl (C=O) groups excluding carboxylic acids is 2. The first-order chi connectivity index (χ1) is 27.5. The highest BCUT2D eigenvalue weighted by atomic mass is 16.7. The maximum Gasteiger partial charge on any atom is 0.302 e. The average molecular weight is 823 g/mol. The van der Waals surface area contributed by atoms with E-state index in [1.54, 1.807) is 35.2 Å². The standard InChI is InChI=1S/C44H70O14/c1-22(45)29-14-16-44(48)30-12-11-27-17-28(13-15-42(27,6)31(30)18-35(43(29,44)7)55-26(5)46)56-36-20-33(50-9)40(24(3)53-36)58-38-21-34(51-10)41(25(4)54-38)57-37-19-32(49-8)39(47)23(2)52-37/h11,23-25,28-41,47-48H,12-21H2,1-10H3/t23-,24-,25-,28+,29+,30-,31+,32-,33+,34+,35-,36+,37+,38+,39-,40-,41-,42+,43+,44+/m1/s1. The van der Waals surface area contributed by atoms with Gasteiger partial charge in [-0.05, 0) is 89.9 Å². The number of aliphatic hydroxyl groups is 2. The van der Waals surface area contributed by atoms with Crippen LogP contribution in [0.3, 0.4) is 0 Å². The monoisotopic (exact) mass is 822 g/mol. The van der Waals surface area contributed by atoms with E-state index in [2.05, 4.69) is 13.0 Å². The predicted molar refractivity (Wildman–Crippen MR) is 208 cm³/mol. The van der Waals surface area contributed by atoms with Crippen LogP contribution in [0.1, 0.15) is 113 Å². The van der Waals surface area contributed by atoms with E-state index in [4.69, 9.17) is 47.4 Å². The predicted octanol–water partition coefficient (Wildman–Crippen LogP) is 4.78. The Hall–Kier alpha value is -1.56. The molecule has 0 aromatic rings. The molecule has 330 valence electrons. The van der Waals surface area contributed by atoms with Gasteiger partial charge in [-0.25, -0.2) is 0 Å². The van der Waals surface area contributed by atoms with Crippen LogP contribution in [-0.2, 0) is 57.0 Å². The molecular formula is C44H70O14. The number of esters is 1. The molecule has 14 heteroatoms. The number of ketones is 1. The Morgan fingerprint density at radius 2 is 1.29 bits per heavy atom. The van der Waals surface area contributed by atoms with E-state index in [1.807, 2.05) is 20.8 Å². The number of hydrogen-bond donors (Lipinski definition) is 2. The number of allylic oxidation sites excluding steroid dienone is 1. The second kappa shape index (κ2) is 17.3. The summed E-state index contributed by atoms with van der Waals surface area (Å²) in [5.74, 6) is -0.581. The molecule has 6 fully saturated rings. The van der Waals surface area contributed by atoms with Crippen molar-refractivity contribution >= 4 is 11.8 Å². The number of fused-ring (bicyclic) bond motifs is 5. The van der Waals surface area contributed by atoms with Crippen molar-refractivity contribution in [3.05, 3.63) is 11.6 Å². The molecule has 2 N–H and O–H groups in total. The summed E-state index contributed by atoms with van der Waals surface area (Å²) in [5, 5.41) is 23.0. The normalized spacial score (nSPS) is 50.6. The molecule has 0 radical (unpaired) electrons. The van der Waals surface area contributed by atoms with Gasteiger partial charge in [-0.2, -0.15) is 0 Å². The molecule has 0 aromatic heterocycles. The fourth-order valence-corrected chi connectivity index (χ4v) is 12.6. The van der Waals surface area contributed by atoms with Crippen molar-refractivity contribution in [3.8, 4) is 0 Å². The lowest BCUT2D eigenvalue weighted by atomic mass is 9.45. The first-order valence-electron chi connectivity index (χ1n) is 21.8. The third-order valence-corrected chi connectivity index (χ3v) is 15.9. The van der Waals surface area contributed by atoms with Gasteiger partial charge in [0.05, 0.1) is 48.3 Å². The number of hydrogen-bond acceptors (Lipinski definition) is 14. The number of aliphatic hydroxyl groups excluding tert-OH is 1. The van der Waals surface area contributed by atoms with Gasteiger partial charge < -0.3 is 57.6 Å². The van der Waals surface area contributed by atoms with Crippen molar-refractivity contribution in [2.45, 2.75) is 204 Å². The Morgan fingerprint density at radius 3 is 1.84 bits per heavy atom. The highest BCUT2D eigenvalue weighted by Crippen LogP contribution is 2.68. The number of carbonyl (C=O) groups is 2. The lowest BCUT2D eigenvalue weighted by Crippen LogP contribution is -2.66. The van der Waals surface area contributed by atoms with Crippen LogP contribution in [0.25, 0.3) is 0 Å². The zero-order valence-corrected chi connectivity index (χ0v) is 36.3. The van der Waals surface area contributed by atoms with Crippen LogP contribution in [0.15, 0.2) is 11.6 Å². The SMILES string of the molecule is CO[C@H]1C[C@H](O[C@H]2CC[C@@]3(C)C(=CC[C@@H]4[C@@H]3C[C@@H](OC(C)=O)[C@]3(C)[C@H](C(C)=O)CC[C@]43O)C2)O[C@H](C)[C@H]1O[C@H]1C[C@H](OC)[C@H](O[C@H]2C[C@@H](OC)[C@H](O)[C@@H](C)O2)[C@@H](C)O1. The van der Waals surface area contributed by atoms with Gasteiger partial charge in [-0.15, -0.1) is 0 Å². The molecular weight excluding hydrogens is 752 g/mol. The fraction of sp³-hybridized carbons (Fsp3) is 0.909. The molecule has 3 aliphatic heterocycles. The maximum absolute atomic E-state index is 12.9. The molecule has 3 saturated heterocycles. The molecule has 0 unspecified atom stereocenters. The molecule has 3 heterocycles. The Morgan fingerprint density at radius 1 is 0.741 bits per heavy atom. The minimum atomic E-state index is -1.10. The molecule has 14 nitrogen and oxygen atoms in total. The summed E-state index contributed by atoms with van der Waals surface area (Å²) in [4.78, 5) is 25.3. The summed E-state index contributed by atoms with van der Waals surface area (Å²) in [6.45, 7) is 13.0. The smallest absolute Gasteiger partial charge is 0.302 e. The third-order valence-electron chi connectivity index (χ3n) is 15.9. The topological polar surface area (TPSA) is 167 Å². The van der Waals surface area contributed by atoms with Crippen molar-refractivity contribution < 1.29 is 67.2 Å². The van der Waals surface area contributed by atoms with Crippen LogP contribution in [0, 0.1) is 28.6 Å². The van der Waals surface area contributed by atoms with E-state index in [1.165, 1.54) is 12.5 Å². The van der Waals surface area contributed by atoms with Gasteiger partial charge >= 0.3 is 5.97 Å². The molecule has 0 amide bonds. The van der Waals surface area contributed by atoms with Crippen molar-refractivity contribution in [1.82, 2.24) is 0 Å². The number of rotatable bonds is 11. The number of methoxy groups -OCH3 is 3. The van der Waals surface area contributed by atoms with Crippen LogP contribution in [-0.4, -0.2) is 135 Å². The molecule has 0 bridgehead atoms. The van der Waals surface area contributed by atoms with Crippen LogP contribution < -0.4 is 0 Å². The van der Waals surface area contributed by atoms with Crippen LogP contribution in [0.2, 0.25) is 0 Å². The van der Waals surface area contributed by atoms with Crippen LogP contribution in [0.4, 0.5) is 0 Å². The van der Waals surface area contributed by atoms with E-state index in [9.17, 15) is 19.8 Å². The molecule has 4 aliphatic carbocycles. The van der Waals surface area contributed by atoms with Gasteiger partial charge in [0.2, 0.25) is 0 Å². The quantitative estimate of drug-likeness (QED) is 0.216. The van der Waals surface area contributed by atoms with Crippen molar-refractivity contribution in [2.75, 3.05) is 21.3 Å². The summed E-state index contributed by atoms with van der Waals surface area (Å²) >= 11 is 0.